The van der Waals surface area contributed by atoms with Gasteiger partial charge in [0.05, 0.1) is 16.1 Å². The number of aromatic nitrogens is 1. The van der Waals surface area contributed by atoms with Gasteiger partial charge in [0.1, 0.15) is 11.0 Å². The maximum atomic E-state index is 12.7. The number of ether oxygens (including phenoxy) is 1. The molecule has 3 N–H and O–H groups in total. The van der Waals surface area contributed by atoms with E-state index in [9.17, 15) is 4.79 Å². The minimum Gasteiger partial charge on any atom is -0.381 e. The number of pyridine rings is 1. The van der Waals surface area contributed by atoms with Crippen LogP contribution in [0.3, 0.4) is 0 Å². The lowest BCUT2D eigenvalue weighted by Crippen LogP contribution is -2.29. The molecule has 1 aromatic carbocycles. The quantitative estimate of drug-likeness (QED) is 0.540. The van der Waals surface area contributed by atoms with Gasteiger partial charge in [-0.25, -0.2) is 4.98 Å². The van der Waals surface area contributed by atoms with E-state index >= 15 is 0 Å². The molecular formula is C21H24Cl2N4O2. The predicted octanol–water partition coefficient (Wildman–Crippen LogP) is 5.27. The van der Waals surface area contributed by atoms with Crippen LogP contribution in [0.1, 0.15) is 54.1 Å². The van der Waals surface area contributed by atoms with Crippen LogP contribution >= 0.6 is 23.2 Å². The van der Waals surface area contributed by atoms with Crippen molar-refractivity contribution in [3.8, 4) is 0 Å². The number of carbonyl (C=O) groups excluding carboxylic acids is 1. The van der Waals surface area contributed by atoms with Crippen molar-refractivity contribution >= 4 is 45.8 Å². The minimum atomic E-state index is -0.406. The SMILES string of the molecule is CC(C)c1ccc(NC(=O)c2cnc(NC3CCOCC3)c(C(=N)Cl)c2Cl)cc1. The van der Waals surface area contributed by atoms with Crippen molar-refractivity contribution in [2.45, 2.75) is 38.6 Å². The van der Waals surface area contributed by atoms with Crippen molar-refractivity contribution in [2.75, 3.05) is 23.8 Å². The number of anilines is 2. The average Bonchev–Trinajstić information content (AvgIpc) is 2.69. The van der Waals surface area contributed by atoms with Crippen molar-refractivity contribution in [2.24, 2.45) is 0 Å². The zero-order valence-electron chi connectivity index (χ0n) is 16.4. The first-order valence-corrected chi connectivity index (χ1v) is 10.3. The highest BCUT2D eigenvalue weighted by Crippen LogP contribution is 2.30. The molecule has 1 amide bonds. The number of amides is 1. The van der Waals surface area contributed by atoms with E-state index in [0.717, 1.165) is 12.8 Å². The van der Waals surface area contributed by atoms with Crippen molar-refractivity contribution in [1.82, 2.24) is 4.98 Å². The summed E-state index contributed by atoms with van der Waals surface area (Å²) in [5.74, 6) is 0.405. The Labute approximate surface area is 180 Å². The number of benzene rings is 1. The van der Waals surface area contributed by atoms with Crippen molar-refractivity contribution in [3.63, 3.8) is 0 Å². The highest BCUT2D eigenvalue weighted by atomic mass is 35.5. The molecule has 0 aliphatic carbocycles. The summed E-state index contributed by atoms with van der Waals surface area (Å²) in [7, 11) is 0. The van der Waals surface area contributed by atoms with Gasteiger partial charge in [0.15, 0.2) is 0 Å². The minimum absolute atomic E-state index is 0.103. The Balaban J connectivity index is 1.82. The fourth-order valence-corrected chi connectivity index (χ4v) is 3.69. The molecule has 1 fully saturated rings. The van der Waals surface area contributed by atoms with Gasteiger partial charge in [0.2, 0.25) is 0 Å². The summed E-state index contributed by atoms with van der Waals surface area (Å²) in [5, 5.41) is 13.8. The van der Waals surface area contributed by atoms with Crippen LogP contribution in [-0.4, -0.2) is 35.3 Å². The van der Waals surface area contributed by atoms with Gasteiger partial charge in [-0.15, -0.1) is 0 Å². The molecule has 154 valence electrons. The predicted molar refractivity (Wildman–Crippen MR) is 118 cm³/mol. The van der Waals surface area contributed by atoms with E-state index < -0.39 is 5.91 Å². The molecule has 2 heterocycles. The van der Waals surface area contributed by atoms with Crippen LogP contribution in [-0.2, 0) is 4.74 Å². The largest absolute Gasteiger partial charge is 0.381 e. The molecule has 1 aromatic heterocycles. The summed E-state index contributed by atoms with van der Waals surface area (Å²) < 4.78 is 5.36. The third-order valence-corrected chi connectivity index (χ3v) is 5.46. The van der Waals surface area contributed by atoms with Gasteiger partial charge in [-0.2, -0.15) is 0 Å². The monoisotopic (exact) mass is 434 g/mol. The van der Waals surface area contributed by atoms with Gasteiger partial charge in [-0.05, 0) is 36.5 Å². The average molecular weight is 435 g/mol. The van der Waals surface area contributed by atoms with Crippen molar-refractivity contribution in [1.29, 1.82) is 5.41 Å². The highest BCUT2D eigenvalue weighted by Gasteiger charge is 2.23. The molecule has 8 heteroatoms. The molecule has 0 bridgehead atoms. The molecule has 1 aliphatic rings. The molecule has 0 atom stereocenters. The smallest absolute Gasteiger partial charge is 0.258 e. The first-order chi connectivity index (χ1) is 13.9. The normalized spacial score (nSPS) is 14.7. The number of hydrogen-bond donors (Lipinski definition) is 3. The van der Waals surface area contributed by atoms with Gasteiger partial charge in [0, 0.05) is 31.1 Å². The lowest BCUT2D eigenvalue weighted by Gasteiger charge is -2.25. The lowest BCUT2D eigenvalue weighted by atomic mass is 10.0. The molecule has 0 spiro atoms. The molecule has 1 saturated heterocycles. The molecule has 0 saturated carbocycles. The Bertz CT molecular complexity index is 894. The first-order valence-electron chi connectivity index (χ1n) is 9.55. The molecule has 0 radical (unpaired) electrons. The summed E-state index contributed by atoms with van der Waals surface area (Å²) in [6.07, 6.45) is 3.05. The van der Waals surface area contributed by atoms with E-state index in [1.165, 1.54) is 11.8 Å². The van der Waals surface area contributed by atoms with Crippen molar-refractivity contribution in [3.05, 3.63) is 52.2 Å². The van der Waals surface area contributed by atoms with Gasteiger partial charge < -0.3 is 15.4 Å². The summed E-state index contributed by atoms with van der Waals surface area (Å²) in [4.78, 5) is 17.1. The Morgan fingerprint density at radius 3 is 2.48 bits per heavy atom. The summed E-state index contributed by atoms with van der Waals surface area (Å²) >= 11 is 12.4. The highest BCUT2D eigenvalue weighted by molar-refractivity contribution is 6.70. The van der Waals surface area contributed by atoms with Crippen LogP contribution in [0.2, 0.25) is 5.02 Å². The Morgan fingerprint density at radius 2 is 1.90 bits per heavy atom. The number of hydrogen-bond acceptors (Lipinski definition) is 5. The van der Waals surface area contributed by atoms with Crippen LogP contribution in [0.25, 0.3) is 0 Å². The fraction of sp³-hybridized carbons (Fsp3) is 0.381. The van der Waals surface area contributed by atoms with E-state index in [2.05, 4.69) is 29.5 Å². The summed E-state index contributed by atoms with van der Waals surface area (Å²) in [6.45, 7) is 5.54. The second kappa shape index (κ2) is 9.57. The van der Waals surface area contributed by atoms with E-state index in [1.807, 2.05) is 24.3 Å². The summed E-state index contributed by atoms with van der Waals surface area (Å²) in [5.41, 5.74) is 2.23. The molecule has 0 unspecified atom stereocenters. The zero-order chi connectivity index (χ0) is 21.0. The zero-order valence-corrected chi connectivity index (χ0v) is 17.9. The van der Waals surface area contributed by atoms with Crippen LogP contribution in [0.5, 0.6) is 0 Å². The van der Waals surface area contributed by atoms with Crippen LogP contribution in [0.4, 0.5) is 11.5 Å². The van der Waals surface area contributed by atoms with E-state index in [-0.39, 0.29) is 27.4 Å². The van der Waals surface area contributed by atoms with Crippen molar-refractivity contribution < 1.29 is 9.53 Å². The third kappa shape index (κ3) is 5.26. The maximum Gasteiger partial charge on any atom is 0.258 e. The summed E-state index contributed by atoms with van der Waals surface area (Å²) in [6, 6.07) is 7.79. The molecule has 6 nitrogen and oxygen atoms in total. The van der Waals surface area contributed by atoms with E-state index in [1.54, 1.807) is 0 Å². The number of nitrogens with one attached hydrogen (secondary N) is 3. The van der Waals surface area contributed by atoms with Crippen LogP contribution < -0.4 is 10.6 Å². The number of nitrogens with zero attached hydrogens (tertiary/aromatic N) is 1. The molecule has 29 heavy (non-hydrogen) atoms. The van der Waals surface area contributed by atoms with E-state index in [0.29, 0.717) is 30.6 Å². The van der Waals surface area contributed by atoms with Gasteiger partial charge in [0.25, 0.3) is 5.91 Å². The number of rotatable bonds is 6. The Morgan fingerprint density at radius 1 is 1.24 bits per heavy atom. The number of halogens is 2. The topological polar surface area (TPSA) is 87.1 Å². The van der Waals surface area contributed by atoms with E-state index in [4.69, 9.17) is 33.3 Å². The Hall–Kier alpha value is -2.15. The van der Waals surface area contributed by atoms with Crippen LogP contribution in [0.15, 0.2) is 30.5 Å². The van der Waals surface area contributed by atoms with Gasteiger partial charge in [-0.3, -0.25) is 10.2 Å². The van der Waals surface area contributed by atoms with Gasteiger partial charge in [-0.1, -0.05) is 49.2 Å². The maximum absolute atomic E-state index is 12.7. The first kappa shape index (κ1) is 21.6. The van der Waals surface area contributed by atoms with Gasteiger partial charge >= 0.3 is 0 Å². The third-order valence-electron chi connectivity index (χ3n) is 4.88. The molecular weight excluding hydrogens is 411 g/mol. The molecule has 2 aromatic rings. The number of carbonyl (C=O) groups is 1. The second-order valence-corrected chi connectivity index (χ2v) is 8.04. The van der Waals surface area contributed by atoms with Crippen LogP contribution in [0, 0.1) is 5.41 Å². The lowest BCUT2D eigenvalue weighted by molar-refractivity contribution is 0.0904. The fourth-order valence-electron chi connectivity index (χ4n) is 3.14. The second-order valence-electron chi connectivity index (χ2n) is 7.29. The Kier molecular flexibility index (Phi) is 7.11. The standard InChI is InChI=1S/C21H24Cl2N4O2/c1-12(2)13-3-5-14(6-4-13)27-21(28)16-11-25-20(17(18(16)22)19(23)24)26-15-7-9-29-10-8-15/h3-6,11-12,15,24H,7-10H2,1-2H3,(H,25,26)(H,27,28). The molecule has 1 aliphatic heterocycles. The molecule has 3 rings (SSSR count).